The summed E-state index contributed by atoms with van der Waals surface area (Å²) in [4.78, 5) is 9.29. The van der Waals surface area contributed by atoms with Gasteiger partial charge in [0.25, 0.3) is 0 Å². The minimum atomic E-state index is 0.600. The van der Waals surface area contributed by atoms with Crippen molar-refractivity contribution in [3.05, 3.63) is 71.8 Å². The first-order chi connectivity index (χ1) is 14.7. The zero-order valence-corrected chi connectivity index (χ0v) is 17.2. The molecule has 1 fully saturated rings. The van der Waals surface area contributed by atoms with E-state index >= 15 is 0 Å². The fourth-order valence-corrected chi connectivity index (χ4v) is 4.33. The Hall–Kier alpha value is -3.31. The maximum absolute atomic E-state index is 6.10. The van der Waals surface area contributed by atoms with Gasteiger partial charge in [0.05, 0.1) is 18.9 Å². The summed E-state index contributed by atoms with van der Waals surface area (Å²) in [6, 6.07) is 21.2. The third-order valence-corrected chi connectivity index (χ3v) is 5.85. The molecule has 2 heterocycles. The fourth-order valence-electron chi connectivity index (χ4n) is 4.33. The van der Waals surface area contributed by atoms with Crippen LogP contribution in [-0.2, 0) is 4.74 Å². The molecular formula is C25H26N4O. The number of rotatable bonds is 3. The normalized spacial score (nSPS) is 15.9. The quantitative estimate of drug-likeness (QED) is 0.655. The van der Waals surface area contributed by atoms with Crippen molar-refractivity contribution in [3.63, 3.8) is 0 Å². The first-order valence-corrected chi connectivity index (χ1v) is 10.4. The Morgan fingerprint density at radius 2 is 1.70 bits per heavy atom. The van der Waals surface area contributed by atoms with E-state index in [1.54, 1.807) is 0 Å². The van der Waals surface area contributed by atoms with Crippen LogP contribution in [0, 0.1) is 6.92 Å². The summed E-state index contributed by atoms with van der Waals surface area (Å²) in [5.74, 6) is 0. The Bertz CT molecular complexity index is 1080. The molecule has 30 heavy (non-hydrogen) atoms. The van der Waals surface area contributed by atoms with Gasteiger partial charge in [-0.25, -0.2) is 0 Å². The molecule has 0 unspecified atom stereocenters. The van der Waals surface area contributed by atoms with Gasteiger partial charge in [-0.05, 0) is 54.4 Å². The van der Waals surface area contributed by atoms with Crippen LogP contribution < -0.4 is 15.5 Å². The minimum absolute atomic E-state index is 0.600. The largest absolute Gasteiger partial charge is 0.399 e. The number of ether oxygens (including phenoxy) is 1. The molecule has 5 rings (SSSR count). The molecule has 5 nitrogen and oxygen atoms in total. The monoisotopic (exact) mass is 398 g/mol. The first kappa shape index (κ1) is 18.7. The molecule has 2 aliphatic rings. The molecule has 0 amide bonds. The van der Waals surface area contributed by atoms with Crippen molar-refractivity contribution < 1.29 is 4.74 Å². The third kappa shape index (κ3) is 3.42. The number of hydrogen-bond acceptors (Lipinski definition) is 5. The molecule has 2 N–H and O–H groups in total. The molecule has 0 atom stereocenters. The van der Waals surface area contributed by atoms with E-state index < -0.39 is 0 Å². The molecule has 3 aromatic carbocycles. The van der Waals surface area contributed by atoms with Crippen molar-refractivity contribution in [2.75, 3.05) is 48.5 Å². The summed E-state index contributed by atoms with van der Waals surface area (Å²) in [6.07, 6.45) is 1.98. The number of aliphatic imine (C=N–C) groups is 1. The highest BCUT2D eigenvalue weighted by Crippen LogP contribution is 2.41. The van der Waals surface area contributed by atoms with Gasteiger partial charge in [0, 0.05) is 47.5 Å². The van der Waals surface area contributed by atoms with E-state index in [9.17, 15) is 0 Å². The van der Waals surface area contributed by atoms with Crippen LogP contribution in [0.1, 0.15) is 11.1 Å². The second-order valence-corrected chi connectivity index (χ2v) is 7.82. The van der Waals surface area contributed by atoms with Crippen LogP contribution in [0.4, 0.5) is 22.7 Å². The van der Waals surface area contributed by atoms with Crippen LogP contribution in [0.15, 0.2) is 65.7 Å². The van der Waals surface area contributed by atoms with Gasteiger partial charge in [-0.2, -0.15) is 0 Å². The minimum Gasteiger partial charge on any atom is -0.399 e. The molecule has 0 saturated carbocycles. The zero-order chi connectivity index (χ0) is 20.5. The molecule has 0 bridgehead atoms. The lowest BCUT2D eigenvalue weighted by molar-refractivity contribution is 0.122. The first-order valence-electron chi connectivity index (χ1n) is 10.4. The van der Waals surface area contributed by atoms with Gasteiger partial charge in [-0.15, -0.1) is 0 Å². The Balaban J connectivity index is 1.56. The van der Waals surface area contributed by atoms with Crippen molar-refractivity contribution >= 4 is 29.0 Å². The summed E-state index contributed by atoms with van der Waals surface area (Å²) in [5.41, 5.74) is 15.1. The molecule has 152 valence electrons. The smallest absolute Gasteiger partial charge is 0.114 e. The molecular weight excluding hydrogens is 372 g/mol. The maximum Gasteiger partial charge on any atom is 0.114 e. The Kier molecular flexibility index (Phi) is 4.89. The molecule has 1 saturated heterocycles. The molecule has 0 radical (unpaired) electrons. The third-order valence-electron chi connectivity index (χ3n) is 5.85. The Labute approximate surface area is 177 Å². The summed E-state index contributed by atoms with van der Waals surface area (Å²) in [6.45, 7) is 6.22. The number of hydrogen-bond donors (Lipinski definition) is 1. The van der Waals surface area contributed by atoms with Crippen LogP contribution in [-0.4, -0.2) is 39.2 Å². The lowest BCUT2D eigenvalue weighted by Gasteiger charge is -2.32. The van der Waals surface area contributed by atoms with Gasteiger partial charge in [0.15, 0.2) is 0 Å². The van der Waals surface area contributed by atoms with E-state index in [1.165, 1.54) is 22.5 Å². The van der Waals surface area contributed by atoms with Gasteiger partial charge in [-0.1, -0.05) is 24.3 Å². The molecule has 2 aliphatic heterocycles. The van der Waals surface area contributed by atoms with Crippen molar-refractivity contribution in [1.82, 2.24) is 0 Å². The molecule has 0 spiro atoms. The number of anilines is 4. The van der Waals surface area contributed by atoms with Crippen molar-refractivity contribution in [2.45, 2.75) is 6.92 Å². The SMILES string of the molecule is Cc1ccc2c(c1-c1cccc(N)c1)N(c1ccc(N3CCOCC3)cc1)CN=C2. The van der Waals surface area contributed by atoms with Crippen molar-refractivity contribution in [2.24, 2.45) is 4.99 Å². The second kappa shape index (κ2) is 7.84. The van der Waals surface area contributed by atoms with E-state index in [2.05, 4.69) is 64.2 Å². The van der Waals surface area contributed by atoms with Crippen molar-refractivity contribution in [3.8, 4) is 11.1 Å². The summed E-state index contributed by atoms with van der Waals surface area (Å²) in [5, 5.41) is 0. The predicted molar refractivity (Wildman–Crippen MR) is 125 cm³/mol. The van der Waals surface area contributed by atoms with Crippen LogP contribution >= 0.6 is 0 Å². The average molecular weight is 399 g/mol. The van der Waals surface area contributed by atoms with Crippen LogP contribution in [0.2, 0.25) is 0 Å². The number of nitrogen functional groups attached to an aromatic ring is 1. The topological polar surface area (TPSA) is 54.1 Å². The van der Waals surface area contributed by atoms with E-state index in [0.717, 1.165) is 48.8 Å². The molecule has 3 aromatic rings. The Morgan fingerprint density at radius 1 is 0.933 bits per heavy atom. The maximum atomic E-state index is 6.10. The van der Waals surface area contributed by atoms with Crippen molar-refractivity contribution in [1.29, 1.82) is 0 Å². The van der Waals surface area contributed by atoms with Gasteiger partial charge in [-0.3, -0.25) is 4.99 Å². The summed E-state index contributed by atoms with van der Waals surface area (Å²) < 4.78 is 5.48. The van der Waals surface area contributed by atoms with Gasteiger partial charge in [0.1, 0.15) is 6.67 Å². The average Bonchev–Trinajstić information content (AvgIpc) is 2.79. The number of nitrogens with two attached hydrogens (primary N) is 1. The van der Waals surface area contributed by atoms with Crippen LogP contribution in [0.5, 0.6) is 0 Å². The van der Waals surface area contributed by atoms with Gasteiger partial charge in [0.2, 0.25) is 0 Å². The van der Waals surface area contributed by atoms with E-state index in [4.69, 9.17) is 10.5 Å². The highest BCUT2D eigenvalue weighted by Gasteiger charge is 2.22. The summed E-state index contributed by atoms with van der Waals surface area (Å²) >= 11 is 0. The molecule has 0 aromatic heterocycles. The predicted octanol–water partition coefficient (Wildman–Crippen LogP) is 4.61. The van der Waals surface area contributed by atoms with E-state index in [1.807, 2.05) is 24.4 Å². The number of fused-ring (bicyclic) bond motifs is 1. The number of morpholine rings is 1. The van der Waals surface area contributed by atoms with E-state index in [-0.39, 0.29) is 0 Å². The Morgan fingerprint density at radius 3 is 2.47 bits per heavy atom. The second-order valence-electron chi connectivity index (χ2n) is 7.82. The highest BCUT2D eigenvalue weighted by molar-refractivity contribution is 6.00. The zero-order valence-electron chi connectivity index (χ0n) is 17.2. The highest BCUT2D eigenvalue weighted by atomic mass is 16.5. The van der Waals surface area contributed by atoms with Gasteiger partial charge >= 0.3 is 0 Å². The standard InChI is InChI=1S/C25H26N4O/c1-18-5-6-20-16-27-17-29(25(20)24(18)19-3-2-4-21(26)15-19)23-9-7-22(8-10-23)28-11-13-30-14-12-28/h2-10,15-16H,11-14,17,26H2,1H3. The van der Waals surface area contributed by atoms with E-state index in [0.29, 0.717) is 6.67 Å². The summed E-state index contributed by atoms with van der Waals surface area (Å²) in [7, 11) is 0. The lowest BCUT2D eigenvalue weighted by atomic mass is 9.93. The number of nitrogens with zero attached hydrogens (tertiary/aromatic N) is 3. The molecule has 5 heteroatoms. The number of benzene rings is 3. The van der Waals surface area contributed by atoms with Gasteiger partial charge < -0.3 is 20.3 Å². The molecule has 0 aliphatic carbocycles. The van der Waals surface area contributed by atoms with Crippen LogP contribution in [0.25, 0.3) is 11.1 Å². The fraction of sp³-hybridized carbons (Fsp3) is 0.240. The number of aryl methyl sites for hydroxylation is 1. The van der Waals surface area contributed by atoms with Crippen LogP contribution in [0.3, 0.4) is 0 Å². The lowest BCUT2D eigenvalue weighted by Crippen LogP contribution is -2.36.